The fourth-order valence-electron chi connectivity index (χ4n) is 5.42. The van der Waals surface area contributed by atoms with Crippen LogP contribution in [0.4, 0.5) is 0 Å². The van der Waals surface area contributed by atoms with Gasteiger partial charge in [-0.1, -0.05) is 143 Å². The standard InChI is InChI=1S/C34H66O4/c1-5-9-11-13-21-25-29-37-33(35)28-24-20-18-16-15-17-19-23-27-31(7-3)32(8-4)34(36)38-30-26-22-14-12-10-6-2/h31-32H,5-30H2,1-4H3. The quantitative estimate of drug-likeness (QED) is 0.0702. The van der Waals surface area contributed by atoms with E-state index in [0.29, 0.717) is 25.6 Å². The van der Waals surface area contributed by atoms with Gasteiger partial charge in [-0.05, 0) is 38.0 Å². The molecule has 0 saturated heterocycles. The Morgan fingerprint density at radius 1 is 0.500 bits per heavy atom. The summed E-state index contributed by atoms with van der Waals surface area (Å²) in [7, 11) is 0. The Morgan fingerprint density at radius 2 is 0.947 bits per heavy atom. The molecule has 0 aromatic carbocycles. The lowest BCUT2D eigenvalue weighted by Crippen LogP contribution is -2.25. The van der Waals surface area contributed by atoms with Crippen LogP contribution in [0.3, 0.4) is 0 Å². The first-order valence-electron chi connectivity index (χ1n) is 16.9. The van der Waals surface area contributed by atoms with Gasteiger partial charge in [0.1, 0.15) is 0 Å². The Balaban J connectivity index is 3.70. The zero-order valence-electron chi connectivity index (χ0n) is 26.2. The molecule has 0 spiro atoms. The highest BCUT2D eigenvalue weighted by Crippen LogP contribution is 2.27. The van der Waals surface area contributed by atoms with Gasteiger partial charge in [0.2, 0.25) is 0 Å². The smallest absolute Gasteiger partial charge is 0.309 e. The normalized spacial score (nSPS) is 12.8. The zero-order valence-corrected chi connectivity index (χ0v) is 26.2. The molecule has 0 bridgehead atoms. The van der Waals surface area contributed by atoms with Gasteiger partial charge < -0.3 is 9.47 Å². The molecule has 2 atom stereocenters. The maximum atomic E-state index is 12.7. The second-order valence-electron chi connectivity index (χ2n) is 11.5. The predicted molar refractivity (Wildman–Crippen MR) is 162 cm³/mol. The molecule has 226 valence electrons. The van der Waals surface area contributed by atoms with Gasteiger partial charge in [-0.15, -0.1) is 0 Å². The summed E-state index contributed by atoms with van der Waals surface area (Å²) in [6.07, 6.45) is 27.9. The highest BCUT2D eigenvalue weighted by molar-refractivity contribution is 5.72. The zero-order chi connectivity index (χ0) is 28.1. The number of unbranched alkanes of at least 4 members (excludes halogenated alkanes) is 17. The van der Waals surface area contributed by atoms with E-state index >= 15 is 0 Å². The van der Waals surface area contributed by atoms with Gasteiger partial charge in [0.25, 0.3) is 0 Å². The second-order valence-corrected chi connectivity index (χ2v) is 11.5. The minimum Gasteiger partial charge on any atom is -0.466 e. The van der Waals surface area contributed by atoms with Crippen molar-refractivity contribution < 1.29 is 19.1 Å². The van der Waals surface area contributed by atoms with E-state index in [2.05, 4.69) is 27.7 Å². The predicted octanol–water partition coefficient (Wildman–Crippen LogP) is 10.7. The third-order valence-corrected chi connectivity index (χ3v) is 8.04. The van der Waals surface area contributed by atoms with Crippen molar-refractivity contribution >= 4 is 11.9 Å². The lowest BCUT2D eigenvalue weighted by molar-refractivity contribution is -0.151. The van der Waals surface area contributed by atoms with Crippen molar-refractivity contribution in [2.75, 3.05) is 13.2 Å². The molecule has 0 aliphatic carbocycles. The fraction of sp³-hybridized carbons (Fsp3) is 0.941. The summed E-state index contributed by atoms with van der Waals surface area (Å²) in [6, 6.07) is 0. The van der Waals surface area contributed by atoms with Crippen LogP contribution in [0.25, 0.3) is 0 Å². The van der Waals surface area contributed by atoms with E-state index in [1.54, 1.807) is 0 Å². The lowest BCUT2D eigenvalue weighted by atomic mass is 9.84. The molecule has 0 N–H and O–H groups in total. The summed E-state index contributed by atoms with van der Waals surface area (Å²) in [5.41, 5.74) is 0. The molecule has 0 aromatic rings. The number of ether oxygens (including phenoxy) is 2. The highest BCUT2D eigenvalue weighted by atomic mass is 16.5. The van der Waals surface area contributed by atoms with Crippen molar-refractivity contribution in [1.82, 2.24) is 0 Å². The van der Waals surface area contributed by atoms with E-state index in [1.807, 2.05) is 0 Å². The number of hydrogen-bond donors (Lipinski definition) is 0. The molecule has 0 heterocycles. The average Bonchev–Trinajstić information content (AvgIpc) is 2.92. The van der Waals surface area contributed by atoms with Crippen LogP contribution in [-0.2, 0) is 19.1 Å². The number of carbonyl (C=O) groups is 2. The van der Waals surface area contributed by atoms with E-state index in [4.69, 9.17) is 9.47 Å². The Labute approximate surface area is 237 Å². The molecule has 0 saturated carbocycles. The average molecular weight is 539 g/mol. The Bertz CT molecular complexity index is 519. The molecule has 0 rings (SSSR count). The summed E-state index contributed by atoms with van der Waals surface area (Å²) in [5.74, 6) is 0.551. The Morgan fingerprint density at radius 3 is 1.45 bits per heavy atom. The van der Waals surface area contributed by atoms with Crippen molar-refractivity contribution in [3.05, 3.63) is 0 Å². The first kappa shape index (κ1) is 36.9. The molecule has 0 aliphatic heterocycles. The van der Waals surface area contributed by atoms with Gasteiger partial charge in [0.05, 0.1) is 19.1 Å². The van der Waals surface area contributed by atoms with E-state index < -0.39 is 0 Å². The van der Waals surface area contributed by atoms with E-state index in [-0.39, 0.29) is 17.9 Å². The fourth-order valence-corrected chi connectivity index (χ4v) is 5.42. The molecule has 2 unspecified atom stereocenters. The summed E-state index contributed by atoms with van der Waals surface area (Å²) in [5, 5.41) is 0. The van der Waals surface area contributed by atoms with Crippen LogP contribution >= 0.6 is 0 Å². The van der Waals surface area contributed by atoms with Crippen LogP contribution in [0.5, 0.6) is 0 Å². The molecular formula is C34H66O4. The number of carbonyl (C=O) groups excluding carboxylic acids is 2. The second kappa shape index (κ2) is 28.9. The van der Waals surface area contributed by atoms with Crippen molar-refractivity contribution in [3.63, 3.8) is 0 Å². The first-order valence-corrected chi connectivity index (χ1v) is 16.9. The van der Waals surface area contributed by atoms with Gasteiger partial charge in [-0.3, -0.25) is 9.59 Å². The van der Waals surface area contributed by atoms with Gasteiger partial charge in [-0.25, -0.2) is 0 Å². The monoisotopic (exact) mass is 538 g/mol. The summed E-state index contributed by atoms with van der Waals surface area (Å²) in [6.45, 7) is 10.0. The summed E-state index contributed by atoms with van der Waals surface area (Å²) < 4.78 is 11.0. The summed E-state index contributed by atoms with van der Waals surface area (Å²) >= 11 is 0. The van der Waals surface area contributed by atoms with Crippen LogP contribution in [-0.4, -0.2) is 25.2 Å². The first-order chi connectivity index (χ1) is 18.6. The van der Waals surface area contributed by atoms with E-state index in [0.717, 1.165) is 44.9 Å². The van der Waals surface area contributed by atoms with Crippen molar-refractivity contribution in [1.29, 1.82) is 0 Å². The maximum Gasteiger partial charge on any atom is 0.309 e. The Hall–Kier alpha value is -1.06. The molecule has 0 fully saturated rings. The number of esters is 2. The van der Waals surface area contributed by atoms with E-state index in [1.165, 1.54) is 103 Å². The minimum absolute atomic E-state index is 0.0132. The SMILES string of the molecule is CCCCCCCCOC(=O)CCCCCCCCCCC(CC)C(CC)C(=O)OCCCCCCCC. The lowest BCUT2D eigenvalue weighted by Gasteiger charge is -2.23. The molecule has 0 aromatic heterocycles. The largest absolute Gasteiger partial charge is 0.466 e. The van der Waals surface area contributed by atoms with Crippen LogP contribution in [0.15, 0.2) is 0 Å². The van der Waals surface area contributed by atoms with E-state index in [9.17, 15) is 9.59 Å². The molecule has 0 aliphatic rings. The minimum atomic E-state index is -0.0132. The van der Waals surface area contributed by atoms with Crippen LogP contribution in [0.1, 0.15) is 182 Å². The van der Waals surface area contributed by atoms with Gasteiger partial charge >= 0.3 is 11.9 Å². The van der Waals surface area contributed by atoms with Crippen molar-refractivity contribution in [2.24, 2.45) is 11.8 Å². The molecule has 0 amide bonds. The van der Waals surface area contributed by atoms with Crippen LogP contribution in [0, 0.1) is 11.8 Å². The van der Waals surface area contributed by atoms with Crippen molar-refractivity contribution in [2.45, 2.75) is 182 Å². The molecular weight excluding hydrogens is 472 g/mol. The molecule has 4 nitrogen and oxygen atoms in total. The van der Waals surface area contributed by atoms with Crippen LogP contribution < -0.4 is 0 Å². The Kier molecular flexibility index (Phi) is 28.1. The molecule has 38 heavy (non-hydrogen) atoms. The van der Waals surface area contributed by atoms with Gasteiger partial charge in [0, 0.05) is 6.42 Å². The topological polar surface area (TPSA) is 52.6 Å². The molecule has 4 heteroatoms. The highest BCUT2D eigenvalue weighted by Gasteiger charge is 2.26. The third kappa shape index (κ3) is 22.9. The number of rotatable bonds is 29. The summed E-state index contributed by atoms with van der Waals surface area (Å²) in [4.78, 5) is 24.5. The van der Waals surface area contributed by atoms with Crippen molar-refractivity contribution in [3.8, 4) is 0 Å². The molecule has 0 radical (unpaired) electrons. The van der Waals surface area contributed by atoms with Crippen LogP contribution in [0.2, 0.25) is 0 Å². The maximum absolute atomic E-state index is 12.7. The van der Waals surface area contributed by atoms with Gasteiger partial charge in [-0.2, -0.15) is 0 Å². The number of hydrogen-bond acceptors (Lipinski definition) is 4. The third-order valence-electron chi connectivity index (χ3n) is 8.04. The van der Waals surface area contributed by atoms with Gasteiger partial charge in [0.15, 0.2) is 0 Å².